The van der Waals surface area contributed by atoms with Gasteiger partial charge < -0.3 is 22.1 Å². The Morgan fingerprint density at radius 2 is 0.932 bits per heavy atom. The van der Waals surface area contributed by atoms with Gasteiger partial charge in [0.1, 0.15) is 6.04 Å². The summed E-state index contributed by atoms with van der Waals surface area (Å²) in [6.07, 6.45) is 24.8. The van der Waals surface area contributed by atoms with Crippen LogP contribution in [0, 0.1) is 0 Å². The van der Waals surface area contributed by atoms with E-state index in [0.29, 0.717) is 67.6 Å². The van der Waals surface area contributed by atoms with Gasteiger partial charge in [0.2, 0.25) is 29.5 Å². The van der Waals surface area contributed by atoms with Crippen LogP contribution in [0.1, 0.15) is 80.8 Å². The van der Waals surface area contributed by atoms with Gasteiger partial charge in [-0.1, -0.05) is 35.1 Å². The Bertz CT molecular complexity index is 2730. The molecule has 384 valence electrons. The zero-order valence-electron chi connectivity index (χ0n) is 40.9. The number of aromatic nitrogens is 10. The van der Waals surface area contributed by atoms with Gasteiger partial charge in [-0.15, -0.1) is 0 Å². The molecule has 5 amide bonds. The van der Waals surface area contributed by atoms with E-state index >= 15 is 0 Å². The predicted octanol–water partition coefficient (Wildman–Crippen LogP) is 2.00. The minimum atomic E-state index is -0.661. The monoisotopic (exact) mass is 1130 g/mol. The van der Waals surface area contributed by atoms with E-state index in [2.05, 4.69) is 87.8 Å². The van der Waals surface area contributed by atoms with Gasteiger partial charge >= 0.3 is 29.6 Å². The molecule has 0 fully saturated rings. The van der Waals surface area contributed by atoms with Gasteiger partial charge in [0.15, 0.2) is 29.1 Å². The number of nitrogens with one attached hydrogen (secondary N) is 1. The number of hydrogen-bond acceptors (Lipinski definition) is 17. The second-order valence-corrected chi connectivity index (χ2v) is 17.6. The second kappa shape index (κ2) is 30.9. The number of alkyl halides is 1. The first kappa shape index (κ1) is 61.4. The molecule has 5 aromatic heterocycles. The molecule has 5 aliphatic rings. The first-order valence-electron chi connectivity index (χ1n) is 22.5. The molecule has 27 nitrogen and oxygen atoms in total. The van der Waals surface area contributed by atoms with Crippen LogP contribution < -0.4 is 60.2 Å². The molecule has 29 heteroatoms. The minimum Gasteiger partial charge on any atom is -0.373 e. The summed E-state index contributed by atoms with van der Waals surface area (Å²) in [5.41, 5.74) is 31.9. The first-order valence-corrected chi connectivity index (χ1v) is 23.8. The number of nitrogens with zero attached hydrogens (tertiary/aromatic N) is 20. The van der Waals surface area contributed by atoms with Crippen LogP contribution in [0.4, 0.5) is 29.1 Å². The van der Waals surface area contributed by atoms with E-state index in [1.54, 1.807) is 93.8 Å². The normalized spacial score (nSPS) is 18.1. The van der Waals surface area contributed by atoms with E-state index in [1.807, 2.05) is 0 Å². The van der Waals surface area contributed by atoms with E-state index in [9.17, 15) is 24.0 Å². The largest absolute Gasteiger partial charge is 1.00 e. The molecule has 0 aromatic carbocycles. The van der Waals surface area contributed by atoms with Crippen LogP contribution in [-0.2, 0) is 56.1 Å². The number of hydrogen-bond donors (Lipinski definition) is 2. The Kier molecular flexibility index (Phi) is 25.7. The number of rotatable bonds is 1. The fourth-order valence-corrected chi connectivity index (χ4v) is 8.32. The van der Waals surface area contributed by atoms with Crippen molar-refractivity contribution in [2.45, 2.75) is 100 Å². The third kappa shape index (κ3) is 16.8. The Balaban J connectivity index is 0.000000239. The minimum absolute atomic E-state index is 0. The number of likely N-dealkylation sites (N-methyl/N-ethyl adjacent to an activating group) is 2. The van der Waals surface area contributed by atoms with Crippen molar-refractivity contribution in [2.75, 3.05) is 53.1 Å². The Hall–Kier alpha value is -6.94. The molecule has 74 heavy (non-hydrogen) atoms. The maximum absolute atomic E-state index is 11.9. The Morgan fingerprint density at radius 3 is 1.46 bits per heavy atom. The standard InChI is InChI=1S/C9H10IN3O.C9H10N6O.C9H12N4O.C9H11N3O.C8H9N3O.CH4.N3.Na/c1-13-8-7(11-4-5-12-8)3-2-6(10)9(13)14;1-15-8-6(11-4-5-12-8)2-3-7(9(15)16)13-14-10;1-13-8-7(11-4-5-12-8)3-2-6(10)9(13)14;1-12-8(13)4-2-3-7-9(12)11-6-5-10-7;12-7-3-1-2-6-8(11-7)10-5-4-9-6;;1-3-2;/h4-6H,2-3H2,1H3;4-5,7H,2-3H2,1H3;4-6H,2-3,10H2,1H3;5-6H,2-4H2,1H3;4-5H,1-3H2,(H,10,11,12);1H4;;/q;;;;;;-1;+1. The summed E-state index contributed by atoms with van der Waals surface area (Å²) in [6.45, 7) is 0. The number of carbonyl (C=O) groups excluding carboxylic acids is 5. The smallest absolute Gasteiger partial charge is 0.373 e. The molecule has 0 radical (unpaired) electrons. The van der Waals surface area contributed by atoms with Gasteiger partial charge in [-0.25, -0.2) is 24.9 Å². The number of anilines is 5. The average molecular weight is 1130 g/mol. The molecule has 10 rings (SSSR count). The van der Waals surface area contributed by atoms with E-state index in [4.69, 9.17) is 22.3 Å². The van der Waals surface area contributed by atoms with Crippen LogP contribution in [0.25, 0.3) is 26.4 Å². The SMILES string of the molecule is C.CN1C(=O)C(I)CCc2nccnc21.CN1C(=O)C(N)CCc2nccnc21.CN1C(=O)C(N=[N+]=[N-])CCc2nccnc21.CN1C(=O)CCCc2nccnc21.O=C1CCCc2nccnc2N1.[N-]=[N+]=[N-].[Na+]. The van der Waals surface area contributed by atoms with Gasteiger partial charge in [0.25, 0.3) is 0 Å². The van der Waals surface area contributed by atoms with Crippen molar-refractivity contribution in [1.82, 2.24) is 49.8 Å². The third-order valence-electron chi connectivity index (χ3n) is 11.3. The first-order chi connectivity index (χ1) is 34.7. The van der Waals surface area contributed by atoms with Crippen LogP contribution in [0.5, 0.6) is 0 Å². The molecule has 0 aliphatic carbocycles. The topological polar surface area (TPSA) is 373 Å². The number of carbonyl (C=O) groups is 5. The molecule has 5 aromatic rings. The number of halogens is 1. The van der Waals surface area contributed by atoms with Gasteiger partial charge in [-0.2, -0.15) is 0 Å². The summed E-state index contributed by atoms with van der Waals surface area (Å²) in [7, 11) is 6.80. The van der Waals surface area contributed by atoms with E-state index in [1.165, 1.54) is 20.9 Å². The van der Waals surface area contributed by atoms with Crippen LogP contribution in [0.15, 0.2) is 67.1 Å². The summed E-state index contributed by atoms with van der Waals surface area (Å²) in [5.74, 6) is 3.16. The van der Waals surface area contributed by atoms with Gasteiger partial charge in [-0.3, -0.25) is 73.4 Å². The van der Waals surface area contributed by atoms with Crippen molar-refractivity contribution in [3.63, 3.8) is 0 Å². The molecule has 0 bridgehead atoms. The van der Waals surface area contributed by atoms with Crippen LogP contribution >= 0.6 is 22.6 Å². The summed E-state index contributed by atoms with van der Waals surface area (Å²) >= 11 is 2.17. The zero-order chi connectivity index (χ0) is 52.2. The Morgan fingerprint density at radius 1 is 0.541 bits per heavy atom. The van der Waals surface area contributed by atoms with E-state index < -0.39 is 12.1 Å². The molecule has 0 saturated carbocycles. The number of aryl methyl sites for hydroxylation is 5. The maximum atomic E-state index is 11.9. The average Bonchev–Trinajstić information content (AvgIpc) is 3.82. The number of nitrogens with two attached hydrogens (primary N) is 1. The van der Waals surface area contributed by atoms with Crippen molar-refractivity contribution in [3.05, 3.63) is 117 Å². The molecule has 3 unspecified atom stereocenters. The predicted molar refractivity (Wildman–Crippen MR) is 279 cm³/mol. The molecule has 3 atom stereocenters. The van der Waals surface area contributed by atoms with Gasteiger partial charge in [-0.05, 0) is 69.7 Å². The van der Waals surface area contributed by atoms with Crippen molar-refractivity contribution >= 4 is 81.2 Å². The Labute approximate surface area is 462 Å². The quantitative estimate of drug-likeness (QED) is 0.0605. The summed E-state index contributed by atoms with van der Waals surface area (Å²) in [6, 6.07) is -1.10. The fourth-order valence-electron chi connectivity index (χ4n) is 7.59. The summed E-state index contributed by atoms with van der Waals surface area (Å²) in [4.78, 5) is 110. The van der Waals surface area contributed by atoms with Gasteiger partial charge in [0, 0.05) is 108 Å². The van der Waals surface area contributed by atoms with Crippen molar-refractivity contribution < 1.29 is 53.5 Å². The maximum Gasteiger partial charge on any atom is 1.00 e. The molecule has 0 saturated heterocycles. The van der Waals surface area contributed by atoms with Gasteiger partial charge in [0.05, 0.1) is 38.4 Å². The fraction of sp³-hybridized carbons (Fsp3) is 0.444. The third-order valence-corrected chi connectivity index (χ3v) is 12.5. The molecular formula is C45H56IN22NaO5. The number of amides is 5. The number of fused-ring (bicyclic) bond motifs is 5. The van der Waals surface area contributed by atoms with Crippen LogP contribution in [0.3, 0.4) is 0 Å². The van der Waals surface area contributed by atoms with Crippen LogP contribution in [-0.4, -0.2) is 124 Å². The van der Waals surface area contributed by atoms with Crippen LogP contribution in [0.2, 0.25) is 0 Å². The molecule has 3 N–H and O–H groups in total. The zero-order valence-corrected chi connectivity index (χ0v) is 45.1. The molecule has 0 spiro atoms. The van der Waals surface area contributed by atoms with E-state index in [-0.39, 0.29) is 70.4 Å². The van der Waals surface area contributed by atoms with Crippen molar-refractivity contribution in [3.8, 4) is 0 Å². The summed E-state index contributed by atoms with van der Waals surface area (Å²) in [5, 5.41) is 6.20. The number of azide groups is 1. The van der Waals surface area contributed by atoms with Crippen molar-refractivity contribution in [2.24, 2.45) is 10.8 Å². The van der Waals surface area contributed by atoms with Crippen molar-refractivity contribution in [1.29, 1.82) is 0 Å². The molecule has 5 aliphatic heterocycles. The second-order valence-electron chi connectivity index (χ2n) is 16.1. The van der Waals surface area contributed by atoms with E-state index in [0.717, 1.165) is 67.0 Å². The summed E-state index contributed by atoms with van der Waals surface area (Å²) < 4.78 is 0.0357. The molecule has 10 heterocycles. The molecular weight excluding hydrogens is 1080 g/mol.